The summed E-state index contributed by atoms with van der Waals surface area (Å²) in [5.41, 5.74) is 1.05. The highest BCUT2D eigenvalue weighted by atomic mass is 16.2. The van der Waals surface area contributed by atoms with E-state index in [1.807, 2.05) is 37.3 Å². The summed E-state index contributed by atoms with van der Waals surface area (Å²) in [4.78, 5) is 25.6. The van der Waals surface area contributed by atoms with Gasteiger partial charge in [-0.2, -0.15) is 0 Å². The summed E-state index contributed by atoms with van der Waals surface area (Å²) in [7, 11) is 0. The molecule has 1 aromatic rings. The number of carbonyl (C=O) groups excluding carboxylic acids is 2. The van der Waals surface area contributed by atoms with Crippen molar-refractivity contribution in [1.29, 1.82) is 0 Å². The first-order valence-corrected chi connectivity index (χ1v) is 7.03. The van der Waals surface area contributed by atoms with Crippen LogP contribution < -0.4 is 10.6 Å². The van der Waals surface area contributed by atoms with Crippen LogP contribution in [0.2, 0.25) is 0 Å². The van der Waals surface area contributed by atoms with E-state index in [2.05, 4.69) is 10.6 Å². The SMILES string of the molecule is CCC1NCCN(CC(=O)NCc2ccccc2)C1=O. The van der Waals surface area contributed by atoms with Crippen LogP contribution in [0.3, 0.4) is 0 Å². The number of nitrogens with one attached hydrogen (secondary N) is 2. The van der Waals surface area contributed by atoms with Crippen LogP contribution in [-0.2, 0) is 16.1 Å². The normalized spacial score (nSPS) is 18.9. The van der Waals surface area contributed by atoms with Crippen LogP contribution in [0.15, 0.2) is 30.3 Å². The molecule has 1 heterocycles. The predicted octanol–water partition coefficient (Wildman–Crippen LogP) is 0.513. The highest BCUT2D eigenvalue weighted by Gasteiger charge is 2.27. The van der Waals surface area contributed by atoms with Crippen molar-refractivity contribution in [2.45, 2.75) is 25.9 Å². The Labute approximate surface area is 119 Å². The molecule has 5 nitrogen and oxygen atoms in total. The van der Waals surface area contributed by atoms with E-state index in [-0.39, 0.29) is 24.4 Å². The van der Waals surface area contributed by atoms with E-state index >= 15 is 0 Å². The molecule has 2 amide bonds. The van der Waals surface area contributed by atoms with Crippen LogP contribution in [-0.4, -0.2) is 42.4 Å². The van der Waals surface area contributed by atoms with Gasteiger partial charge in [0, 0.05) is 19.6 Å². The number of hydrogen-bond acceptors (Lipinski definition) is 3. The molecule has 2 N–H and O–H groups in total. The Morgan fingerprint density at radius 2 is 2.15 bits per heavy atom. The summed E-state index contributed by atoms with van der Waals surface area (Å²) in [5.74, 6) is -0.0902. The summed E-state index contributed by atoms with van der Waals surface area (Å²) in [5, 5.41) is 6.00. The van der Waals surface area contributed by atoms with E-state index in [0.717, 1.165) is 18.5 Å². The molecule has 1 aromatic carbocycles. The molecule has 1 saturated heterocycles. The molecule has 0 spiro atoms. The van der Waals surface area contributed by atoms with Crippen LogP contribution in [0.1, 0.15) is 18.9 Å². The van der Waals surface area contributed by atoms with Gasteiger partial charge in [-0.25, -0.2) is 0 Å². The summed E-state index contributed by atoms with van der Waals surface area (Å²) >= 11 is 0. The summed E-state index contributed by atoms with van der Waals surface area (Å²) in [6.45, 7) is 3.94. The Kier molecular flexibility index (Phi) is 5.12. The second-order valence-electron chi connectivity index (χ2n) is 4.94. The van der Waals surface area contributed by atoms with Gasteiger partial charge in [-0.3, -0.25) is 9.59 Å². The molecular weight excluding hydrogens is 254 g/mol. The van der Waals surface area contributed by atoms with Gasteiger partial charge < -0.3 is 15.5 Å². The molecule has 1 aliphatic rings. The molecule has 0 aromatic heterocycles. The first kappa shape index (κ1) is 14.5. The minimum absolute atomic E-state index is 0.0219. The number of piperazine rings is 1. The number of rotatable bonds is 5. The fourth-order valence-electron chi connectivity index (χ4n) is 2.29. The van der Waals surface area contributed by atoms with Gasteiger partial charge in [0.05, 0.1) is 12.6 Å². The monoisotopic (exact) mass is 275 g/mol. The lowest BCUT2D eigenvalue weighted by Gasteiger charge is -2.32. The molecule has 1 atom stereocenters. The molecule has 1 aliphatic heterocycles. The van der Waals surface area contributed by atoms with Crippen molar-refractivity contribution in [3.8, 4) is 0 Å². The third kappa shape index (κ3) is 3.81. The van der Waals surface area contributed by atoms with Crippen LogP contribution in [0.4, 0.5) is 0 Å². The standard InChI is InChI=1S/C15H21N3O2/c1-2-13-15(20)18(9-8-16-13)11-14(19)17-10-12-6-4-3-5-7-12/h3-7,13,16H,2,8-11H2,1H3,(H,17,19). The maximum Gasteiger partial charge on any atom is 0.240 e. The van der Waals surface area contributed by atoms with E-state index in [1.165, 1.54) is 0 Å². The number of hydrogen-bond donors (Lipinski definition) is 2. The van der Waals surface area contributed by atoms with E-state index in [4.69, 9.17) is 0 Å². The van der Waals surface area contributed by atoms with Gasteiger partial charge in [-0.1, -0.05) is 37.3 Å². The van der Waals surface area contributed by atoms with Gasteiger partial charge in [0.15, 0.2) is 0 Å². The van der Waals surface area contributed by atoms with E-state index in [1.54, 1.807) is 4.90 Å². The van der Waals surface area contributed by atoms with Crippen LogP contribution in [0, 0.1) is 0 Å². The van der Waals surface area contributed by atoms with Gasteiger partial charge in [0.2, 0.25) is 11.8 Å². The molecule has 0 saturated carbocycles. The van der Waals surface area contributed by atoms with Crippen molar-refractivity contribution in [1.82, 2.24) is 15.5 Å². The van der Waals surface area contributed by atoms with E-state index < -0.39 is 0 Å². The van der Waals surface area contributed by atoms with Gasteiger partial charge in [-0.05, 0) is 12.0 Å². The largest absolute Gasteiger partial charge is 0.350 e. The van der Waals surface area contributed by atoms with Crippen molar-refractivity contribution in [3.63, 3.8) is 0 Å². The lowest BCUT2D eigenvalue weighted by molar-refractivity contribution is -0.139. The smallest absolute Gasteiger partial charge is 0.240 e. The third-order valence-corrected chi connectivity index (χ3v) is 3.46. The number of amides is 2. The van der Waals surface area contributed by atoms with E-state index in [0.29, 0.717) is 13.1 Å². The Bertz CT molecular complexity index is 461. The minimum atomic E-state index is -0.148. The second-order valence-corrected chi connectivity index (χ2v) is 4.94. The van der Waals surface area contributed by atoms with Crippen LogP contribution in [0.5, 0.6) is 0 Å². The maximum atomic E-state index is 12.0. The molecule has 0 bridgehead atoms. The van der Waals surface area contributed by atoms with Gasteiger partial charge in [-0.15, -0.1) is 0 Å². The zero-order chi connectivity index (χ0) is 14.4. The van der Waals surface area contributed by atoms with Crippen molar-refractivity contribution in [2.24, 2.45) is 0 Å². The molecular formula is C15H21N3O2. The molecule has 1 unspecified atom stereocenters. The van der Waals surface area contributed by atoms with Crippen LogP contribution >= 0.6 is 0 Å². The molecule has 1 fully saturated rings. The van der Waals surface area contributed by atoms with Gasteiger partial charge in [0.1, 0.15) is 0 Å². The van der Waals surface area contributed by atoms with Crippen molar-refractivity contribution in [3.05, 3.63) is 35.9 Å². The number of benzene rings is 1. The third-order valence-electron chi connectivity index (χ3n) is 3.46. The molecule has 5 heteroatoms. The van der Waals surface area contributed by atoms with Crippen molar-refractivity contribution < 1.29 is 9.59 Å². The zero-order valence-corrected chi connectivity index (χ0v) is 11.8. The highest BCUT2D eigenvalue weighted by Crippen LogP contribution is 2.04. The van der Waals surface area contributed by atoms with E-state index in [9.17, 15) is 9.59 Å². The van der Waals surface area contributed by atoms with Gasteiger partial charge in [0.25, 0.3) is 0 Å². The first-order valence-electron chi connectivity index (χ1n) is 7.03. The Hall–Kier alpha value is -1.88. The Balaban J connectivity index is 1.80. The predicted molar refractivity (Wildman–Crippen MR) is 77.0 cm³/mol. The Morgan fingerprint density at radius 3 is 2.85 bits per heavy atom. The summed E-state index contributed by atoms with van der Waals surface area (Å²) in [6.07, 6.45) is 0.751. The first-order chi connectivity index (χ1) is 9.70. The summed E-state index contributed by atoms with van der Waals surface area (Å²) in [6, 6.07) is 9.59. The molecule has 0 radical (unpaired) electrons. The topological polar surface area (TPSA) is 61.4 Å². The zero-order valence-electron chi connectivity index (χ0n) is 11.8. The molecule has 20 heavy (non-hydrogen) atoms. The lowest BCUT2D eigenvalue weighted by atomic mass is 10.1. The molecule has 0 aliphatic carbocycles. The van der Waals surface area contributed by atoms with Crippen molar-refractivity contribution in [2.75, 3.05) is 19.6 Å². The lowest BCUT2D eigenvalue weighted by Crippen LogP contribution is -2.56. The molecule has 108 valence electrons. The Morgan fingerprint density at radius 1 is 1.40 bits per heavy atom. The summed E-state index contributed by atoms with van der Waals surface area (Å²) < 4.78 is 0. The van der Waals surface area contributed by atoms with Crippen LogP contribution in [0.25, 0.3) is 0 Å². The average molecular weight is 275 g/mol. The van der Waals surface area contributed by atoms with Gasteiger partial charge >= 0.3 is 0 Å². The average Bonchev–Trinajstić information content (AvgIpc) is 2.48. The number of nitrogens with zero attached hydrogens (tertiary/aromatic N) is 1. The fourth-order valence-corrected chi connectivity index (χ4v) is 2.29. The second kappa shape index (κ2) is 7.05. The maximum absolute atomic E-state index is 12.0. The quantitative estimate of drug-likeness (QED) is 0.823. The minimum Gasteiger partial charge on any atom is -0.350 e. The molecule has 2 rings (SSSR count). The van der Waals surface area contributed by atoms with Crippen molar-refractivity contribution >= 4 is 11.8 Å². The fraction of sp³-hybridized carbons (Fsp3) is 0.467. The highest BCUT2D eigenvalue weighted by molar-refractivity contribution is 5.88. The number of carbonyl (C=O) groups is 2.